The maximum Gasteiger partial charge on any atom is 0.243 e. The SMILES string of the molecule is CNS(=O)(=O)CC(=O)N1CCCC1C(=O)NCc1ccco1. The first-order chi connectivity index (χ1) is 10.4. The largest absolute Gasteiger partial charge is 0.467 e. The number of likely N-dealkylation sites (tertiary alicyclic amines) is 1. The summed E-state index contributed by atoms with van der Waals surface area (Å²) < 4.78 is 30.1. The van der Waals surface area contributed by atoms with Crippen molar-refractivity contribution in [3.63, 3.8) is 0 Å². The van der Waals surface area contributed by atoms with Gasteiger partial charge in [0.15, 0.2) is 0 Å². The molecule has 0 bridgehead atoms. The van der Waals surface area contributed by atoms with Gasteiger partial charge in [0.2, 0.25) is 21.8 Å². The highest BCUT2D eigenvalue weighted by Crippen LogP contribution is 2.18. The Morgan fingerprint density at radius 3 is 2.86 bits per heavy atom. The lowest BCUT2D eigenvalue weighted by atomic mass is 10.2. The van der Waals surface area contributed by atoms with E-state index in [9.17, 15) is 18.0 Å². The molecule has 1 saturated heterocycles. The second-order valence-electron chi connectivity index (χ2n) is 5.01. The lowest BCUT2D eigenvalue weighted by Crippen LogP contribution is -2.48. The smallest absolute Gasteiger partial charge is 0.243 e. The fourth-order valence-electron chi connectivity index (χ4n) is 2.36. The molecular formula is C13H19N3O5S. The fourth-order valence-corrected chi connectivity index (χ4v) is 3.00. The summed E-state index contributed by atoms with van der Waals surface area (Å²) in [5.74, 6) is -0.901. The summed E-state index contributed by atoms with van der Waals surface area (Å²) in [5, 5.41) is 2.70. The molecule has 0 saturated carbocycles. The van der Waals surface area contributed by atoms with E-state index in [1.165, 1.54) is 18.2 Å². The number of hydrogen-bond donors (Lipinski definition) is 2. The first kappa shape index (κ1) is 16.5. The number of carbonyl (C=O) groups excluding carboxylic acids is 2. The van der Waals surface area contributed by atoms with Crippen LogP contribution in [0.2, 0.25) is 0 Å². The van der Waals surface area contributed by atoms with Gasteiger partial charge in [-0.1, -0.05) is 0 Å². The predicted molar refractivity (Wildman–Crippen MR) is 78.1 cm³/mol. The first-order valence-electron chi connectivity index (χ1n) is 6.94. The highest BCUT2D eigenvalue weighted by Gasteiger charge is 2.35. The molecule has 1 fully saturated rings. The molecule has 2 rings (SSSR count). The van der Waals surface area contributed by atoms with Crippen LogP contribution in [0.1, 0.15) is 18.6 Å². The van der Waals surface area contributed by atoms with Gasteiger partial charge in [0.05, 0.1) is 12.8 Å². The van der Waals surface area contributed by atoms with Gasteiger partial charge in [0.25, 0.3) is 0 Å². The lowest BCUT2D eigenvalue weighted by Gasteiger charge is -2.23. The number of sulfonamides is 1. The molecule has 0 aliphatic carbocycles. The molecule has 1 aromatic rings. The second-order valence-corrected chi connectivity index (χ2v) is 6.93. The van der Waals surface area contributed by atoms with E-state index >= 15 is 0 Å². The maximum absolute atomic E-state index is 12.2. The average molecular weight is 329 g/mol. The Morgan fingerprint density at radius 1 is 1.45 bits per heavy atom. The van der Waals surface area contributed by atoms with Crippen molar-refractivity contribution in [2.24, 2.45) is 0 Å². The third-order valence-electron chi connectivity index (χ3n) is 3.52. The molecule has 0 radical (unpaired) electrons. The van der Waals surface area contributed by atoms with Crippen LogP contribution in [0.25, 0.3) is 0 Å². The van der Waals surface area contributed by atoms with Gasteiger partial charge in [-0.05, 0) is 32.0 Å². The third-order valence-corrected chi connectivity index (χ3v) is 4.77. The van der Waals surface area contributed by atoms with Gasteiger partial charge in [-0.25, -0.2) is 13.1 Å². The highest BCUT2D eigenvalue weighted by atomic mass is 32.2. The number of nitrogens with zero attached hydrogens (tertiary/aromatic N) is 1. The summed E-state index contributed by atoms with van der Waals surface area (Å²) in [4.78, 5) is 25.6. The molecular weight excluding hydrogens is 310 g/mol. The molecule has 1 aliphatic rings. The van der Waals surface area contributed by atoms with Crippen LogP contribution in [-0.4, -0.2) is 50.5 Å². The summed E-state index contributed by atoms with van der Waals surface area (Å²) in [6, 6.07) is 2.82. The van der Waals surface area contributed by atoms with Crippen molar-refractivity contribution < 1.29 is 22.4 Å². The van der Waals surface area contributed by atoms with E-state index in [-0.39, 0.29) is 12.5 Å². The van der Waals surface area contributed by atoms with E-state index in [0.29, 0.717) is 25.1 Å². The van der Waals surface area contributed by atoms with E-state index in [1.54, 1.807) is 12.1 Å². The molecule has 2 heterocycles. The minimum atomic E-state index is -3.64. The maximum atomic E-state index is 12.2. The number of amides is 2. The van der Waals surface area contributed by atoms with Crippen molar-refractivity contribution in [1.82, 2.24) is 14.9 Å². The quantitative estimate of drug-likeness (QED) is 0.727. The van der Waals surface area contributed by atoms with Crippen LogP contribution in [0.4, 0.5) is 0 Å². The number of rotatable bonds is 6. The van der Waals surface area contributed by atoms with Crippen LogP contribution in [0.3, 0.4) is 0 Å². The highest BCUT2D eigenvalue weighted by molar-refractivity contribution is 7.90. The van der Waals surface area contributed by atoms with Gasteiger partial charge in [-0.2, -0.15) is 0 Å². The second kappa shape index (κ2) is 6.93. The van der Waals surface area contributed by atoms with Gasteiger partial charge in [-0.3, -0.25) is 9.59 Å². The number of furan rings is 1. The van der Waals surface area contributed by atoms with Crippen molar-refractivity contribution in [2.45, 2.75) is 25.4 Å². The van der Waals surface area contributed by atoms with E-state index in [1.807, 2.05) is 0 Å². The summed E-state index contributed by atoms with van der Waals surface area (Å²) >= 11 is 0. The van der Waals surface area contributed by atoms with Crippen LogP contribution in [0, 0.1) is 0 Å². The molecule has 1 atom stereocenters. The van der Waals surface area contributed by atoms with Crippen molar-refractivity contribution in [3.05, 3.63) is 24.2 Å². The zero-order valence-electron chi connectivity index (χ0n) is 12.2. The molecule has 122 valence electrons. The summed E-state index contributed by atoms with van der Waals surface area (Å²) in [5.41, 5.74) is 0. The van der Waals surface area contributed by atoms with Gasteiger partial charge in [0.1, 0.15) is 17.6 Å². The van der Waals surface area contributed by atoms with Crippen LogP contribution in [0.5, 0.6) is 0 Å². The minimum Gasteiger partial charge on any atom is -0.467 e. The first-order valence-corrected chi connectivity index (χ1v) is 8.59. The summed E-state index contributed by atoms with van der Waals surface area (Å²) in [7, 11) is -2.39. The Bertz CT molecular complexity index is 626. The van der Waals surface area contributed by atoms with Gasteiger partial charge in [0, 0.05) is 6.54 Å². The standard InChI is InChI=1S/C13H19N3O5S/c1-14-22(19,20)9-12(17)16-6-2-5-11(16)13(18)15-8-10-4-3-7-21-10/h3-4,7,11,14H,2,5-6,8-9H2,1H3,(H,15,18). The number of nitrogens with one attached hydrogen (secondary N) is 2. The Hall–Kier alpha value is -1.87. The van der Waals surface area contributed by atoms with Gasteiger partial charge >= 0.3 is 0 Å². The molecule has 8 nitrogen and oxygen atoms in total. The molecule has 1 unspecified atom stereocenters. The zero-order valence-corrected chi connectivity index (χ0v) is 13.1. The molecule has 1 aliphatic heterocycles. The van der Waals surface area contributed by atoms with Crippen LogP contribution >= 0.6 is 0 Å². The number of carbonyl (C=O) groups is 2. The van der Waals surface area contributed by atoms with Crippen molar-refractivity contribution in [2.75, 3.05) is 19.3 Å². The van der Waals surface area contributed by atoms with E-state index in [2.05, 4.69) is 10.0 Å². The lowest BCUT2D eigenvalue weighted by molar-refractivity contribution is -0.136. The van der Waals surface area contributed by atoms with E-state index in [4.69, 9.17) is 4.42 Å². The Morgan fingerprint density at radius 2 is 2.23 bits per heavy atom. The zero-order chi connectivity index (χ0) is 16.2. The normalized spacial score (nSPS) is 18.4. The molecule has 22 heavy (non-hydrogen) atoms. The van der Waals surface area contributed by atoms with Crippen LogP contribution in [-0.2, 0) is 26.2 Å². The average Bonchev–Trinajstić information content (AvgIpc) is 3.15. The monoisotopic (exact) mass is 329 g/mol. The summed E-state index contributed by atoms with van der Waals surface area (Å²) in [6.45, 7) is 0.621. The minimum absolute atomic E-state index is 0.235. The van der Waals surface area contributed by atoms with Crippen LogP contribution in [0.15, 0.2) is 22.8 Å². The van der Waals surface area contributed by atoms with Crippen molar-refractivity contribution in [3.8, 4) is 0 Å². The molecule has 1 aromatic heterocycles. The topological polar surface area (TPSA) is 109 Å². The Balaban J connectivity index is 1.94. The molecule has 0 spiro atoms. The Labute approximate surface area is 128 Å². The Kier molecular flexibility index (Phi) is 5.19. The summed E-state index contributed by atoms with van der Waals surface area (Å²) in [6.07, 6.45) is 2.70. The molecule has 2 amide bonds. The van der Waals surface area contributed by atoms with Crippen LogP contribution < -0.4 is 10.0 Å². The number of hydrogen-bond acceptors (Lipinski definition) is 5. The van der Waals surface area contributed by atoms with E-state index in [0.717, 1.165) is 0 Å². The molecule has 2 N–H and O–H groups in total. The van der Waals surface area contributed by atoms with Crippen molar-refractivity contribution >= 4 is 21.8 Å². The third kappa shape index (κ3) is 4.08. The fraction of sp³-hybridized carbons (Fsp3) is 0.538. The van der Waals surface area contributed by atoms with Gasteiger partial charge in [-0.15, -0.1) is 0 Å². The molecule has 0 aromatic carbocycles. The molecule has 9 heteroatoms. The van der Waals surface area contributed by atoms with E-state index < -0.39 is 27.7 Å². The van der Waals surface area contributed by atoms with Gasteiger partial charge < -0.3 is 14.6 Å². The van der Waals surface area contributed by atoms with Crippen molar-refractivity contribution in [1.29, 1.82) is 0 Å². The predicted octanol–water partition coefficient (Wildman–Crippen LogP) is -0.564.